The highest BCUT2D eigenvalue weighted by molar-refractivity contribution is 9.10. The second kappa shape index (κ2) is 8.06. The lowest BCUT2D eigenvalue weighted by molar-refractivity contribution is -0.120. The summed E-state index contributed by atoms with van der Waals surface area (Å²) in [6.45, 7) is 3.89. The molecule has 0 radical (unpaired) electrons. The average Bonchev–Trinajstić information content (AvgIpc) is 2.98. The van der Waals surface area contributed by atoms with Crippen molar-refractivity contribution in [3.8, 4) is 16.9 Å². The van der Waals surface area contributed by atoms with Gasteiger partial charge in [0.1, 0.15) is 0 Å². The molecule has 3 rings (SSSR count). The summed E-state index contributed by atoms with van der Waals surface area (Å²) in [6.07, 6.45) is 2.16. The molecule has 0 aliphatic carbocycles. The predicted octanol–water partition coefficient (Wildman–Crippen LogP) is 5.02. The van der Waals surface area contributed by atoms with Gasteiger partial charge in [0.15, 0.2) is 0 Å². The second-order valence-corrected chi connectivity index (χ2v) is 7.69. The lowest BCUT2D eigenvalue weighted by Gasteiger charge is -2.08. The van der Waals surface area contributed by atoms with Gasteiger partial charge in [0.05, 0.1) is 17.8 Å². The molecule has 0 fully saturated rings. The molecule has 0 bridgehead atoms. The molecule has 0 saturated heterocycles. The Hall–Kier alpha value is -2.11. The van der Waals surface area contributed by atoms with E-state index < -0.39 is 0 Å². The molecule has 1 aromatic heterocycles. The summed E-state index contributed by atoms with van der Waals surface area (Å²) in [4.78, 5) is 12.3. The van der Waals surface area contributed by atoms with Crippen molar-refractivity contribution in [3.63, 3.8) is 0 Å². The van der Waals surface area contributed by atoms with E-state index in [1.165, 1.54) is 0 Å². The van der Waals surface area contributed by atoms with Crippen molar-refractivity contribution in [1.82, 2.24) is 15.1 Å². The molecule has 0 atom stereocenters. The Morgan fingerprint density at radius 1 is 1.23 bits per heavy atom. The summed E-state index contributed by atoms with van der Waals surface area (Å²) in [5.74, 6) is -0.0290. The number of carbonyl (C=O) groups excluding carboxylic acids is 1. The van der Waals surface area contributed by atoms with Crippen molar-refractivity contribution in [1.29, 1.82) is 0 Å². The Morgan fingerprint density at radius 3 is 2.62 bits per heavy atom. The summed E-state index contributed by atoms with van der Waals surface area (Å²) in [6, 6.07) is 15.5. The molecule has 0 aliphatic rings. The van der Waals surface area contributed by atoms with E-state index >= 15 is 0 Å². The Morgan fingerprint density at radius 2 is 1.96 bits per heavy atom. The first-order chi connectivity index (χ1) is 12.4. The Balaban J connectivity index is 2.02. The molecule has 0 spiro atoms. The molecule has 1 amide bonds. The van der Waals surface area contributed by atoms with E-state index in [0.717, 1.165) is 27.0 Å². The first-order valence-corrected chi connectivity index (χ1v) is 9.49. The van der Waals surface area contributed by atoms with Gasteiger partial charge in [-0.05, 0) is 50.2 Å². The number of nitrogens with one attached hydrogen (secondary N) is 1. The molecule has 0 aliphatic heterocycles. The van der Waals surface area contributed by atoms with Crippen LogP contribution in [0.25, 0.3) is 16.9 Å². The number of hydrogen-bond donors (Lipinski definition) is 1. The van der Waals surface area contributed by atoms with E-state index in [4.69, 9.17) is 16.7 Å². The van der Waals surface area contributed by atoms with E-state index in [-0.39, 0.29) is 18.4 Å². The van der Waals surface area contributed by atoms with Crippen LogP contribution in [0, 0.1) is 0 Å². The van der Waals surface area contributed by atoms with Crippen molar-refractivity contribution >= 4 is 33.4 Å². The van der Waals surface area contributed by atoms with Gasteiger partial charge in [-0.25, -0.2) is 4.68 Å². The fourth-order valence-corrected chi connectivity index (χ4v) is 3.14. The van der Waals surface area contributed by atoms with Crippen LogP contribution >= 0.6 is 27.5 Å². The van der Waals surface area contributed by atoms with Crippen LogP contribution in [-0.4, -0.2) is 21.7 Å². The van der Waals surface area contributed by atoms with Crippen molar-refractivity contribution in [2.24, 2.45) is 0 Å². The Bertz CT molecular complexity index is 919. The van der Waals surface area contributed by atoms with Crippen molar-refractivity contribution in [2.45, 2.75) is 26.3 Å². The van der Waals surface area contributed by atoms with E-state index in [1.807, 2.05) is 68.6 Å². The van der Waals surface area contributed by atoms with E-state index in [1.54, 1.807) is 4.68 Å². The van der Waals surface area contributed by atoms with Crippen LogP contribution in [-0.2, 0) is 11.2 Å². The number of nitrogens with zero attached hydrogens (tertiary/aromatic N) is 2. The average molecular weight is 433 g/mol. The molecule has 0 saturated carbocycles. The lowest BCUT2D eigenvalue weighted by Crippen LogP contribution is -2.31. The van der Waals surface area contributed by atoms with Gasteiger partial charge in [-0.15, -0.1) is 0 Å². The summed E-state index contributed by atoms with van der Waals surface area (Å²) in [7, 11) is 0. The monoisotopic (exact) mass is 431 g/mol. The highest BCUT2D eigenvalue weighted by Gasteiger charge is 2.16. The quantitative estimate of drug-likeness (QED) is 0.615. The maximum absolute atomic E-state index is 12.3. The van der Waals surface area contributed by atoms with Crippen molar-refractivity contribution in [3.05, 3.63) is 69.8 Å². The predicted molar refractivity (Wildman–Crippen MR) is 109 cm³/mol. The minimum absolute atomic E-state index is 0.0290. The maximum atomic E-state index is 12.3. The highest BCUT2D eigenvalue weighted by Crippen LogP contribution is 2.27. The molecular formula is C20H19BrClN3O. The molecular weight excluding hydrogens is 414 g/mol. The van der Waals surface area contributed by atoms with Crippen LogP contribution in [0.5, 0.6) is 0 Å². The molecule has 26 heavy (non-hydrogen) atoms. The number of rotatable bonds is 5. The Labute approximate surface area is 166 Å². The zero-order chi connectivity index (χ0) is 18.7. The molecule has 2 aromatic carbocycles. The van der Waals surface area contributed by atoms with Gasteiger partial charge in [-0.2, -0.15) is 5.10 Å². The van der Waals surface area contributed by atoms with Crippen LogP contribution < -0.4 is 5.32 Å². The summed E-state index contributed by atoms with van der Waals surface area (Å²) in [5.41, 5.74) is 3.43. The topological polar surface area (TPSA) is 46.9 Å². The van der Waals surface area contributed by atoms with Gasteiger partial charge in [0.25, 0.3) is 0 Å². The summed E-state index contributed by atoms with van der Waals surface area (Å²) >= 11 is 9.58. The molecule has 0 unspecified atom stereocenters. The normalized spacial score (nSPS) is 11.0. The van der Waals surface area contributed by atoms with Gasteiger partial charge in [0.2, 0.25) is 5.91 Å². The molecule has 6 heteroatoms. The lowest BCUT2D eigenvalue weighted by atomic mass is 10.1. The SMILES string of the molecule is CC(C)NC(=O)Cc1cn(-c2ccc(Br)cc2)nc1-c1cccc(Cl)c1. The number of carbonyl (C=O) groups is 1. The first-order valence-electron chi connectivity index (χ1n) is 8.32. The maximum Gasteiger partial charge on any atom is 0.224 e. The van der Waals surface area contributed by atoms with Crippen LogP contribution in [0.1, 0.15) is 19.4 Å². The molecule has 1 heterocycles. The van der Waals surface area contributed by atoms with Gasteiger partial charge in [-0.3, -0.25) is 4.79 Å². The van der Waals surface area contributed by atoms with Crippen LogP contribution in [0.2, 0.25) is 5.02 Å². The molecule has 134 valence electrons. The van der Waals surface area contributed by atoms with Gasteiger partial charge >= 0.3 is 0 Å². The highest BCUT2D eigenvalue weighted by atomic mass is 79.9. The number of hydrogen-bond acceptors (Lipinski definition) is 2. The van der Waals surface area contributed by atoms with Crippen molar-refractivity contribution in [2.75, 3.05) is 0 Å². The van der Waals surface area contributed by atoms with E-state index in [9.17, 15) is 4.79 Å². The van der Waals surface area contributed by atoms with Gasteiger partial charge in [-0.1, -0.05) is 39.7 Å². The number of benzene rings is 2. The molecule has 4 nitrogen and oxygen atoms in total. The Kier molecular flexibility index (Phi) is 5.79. The van der Waals surface area contributed by atoms with Gasteiger partial charge in [0, 0.05) is 32.9 Å². The number of amides is 1. The smallest absolute Gasteiger partial charge is 0.224 e. The summed E-state index contributed by atoms with van der Waals surface area (Å²) < 4.78 is 2.79. The van der Waals surface area contributed by atoms with Crippen LogP contribution in [0.3, 0.4) is 0 Å². The number of aromatic nitrogens is 2. The molecule has 1 N–H and O–H groups in total. The standard InChI is InChI=1S/C20H19BrClN3O/c1-13(2)23-19(26)11-15-12-25(18-8-6-16(21)7-9-18)24-20(15)14-4-3-5-17(22)10-14/h3-10,12-13H,11H2,1-2H3,(H,23,26). The fraction of sp³-hybridized carbons (Fsp3) is 0.200. The second-order valence-electron chi connectivity index (χ2n) is 6.33. The summed E-state index contributed by atoms with van der Waals surface area (Å²) in [5, 5.41) is 8.28. The number of halogens is 2. The van der Waals surface area contributed by atoms with E-state index in [0.29, 0.717) is 5.02 Å². The van der Waals surface area contributed by atoms with Crippen molar-refractivity contribution < 1.29 is 4.79 Å². The zero-order valence-corrected chi connectivity index (χ0v) is 16.9. The first kappa shape index (κ1) is 18.7. The zero-order valence-electron chi connectivity index (χ0n) is 14.5. The minimum atomic E-state index is -0.0290. The van der Waals surface area contributed by atoms with Crippen LogP contribution in [0.15, 0.2) is 59.2 Å². The third-order valence-electron chi connectivity index (χ3n) is 3.78. The third-order valence-corrected chi connectivity index (χ3v) is 4.54. The minimum Gasteiger partial charge on any atom is -0.354 e. The third kappa shape index (κ3) is 4.54. The van der Waals surface area contributed by atoms with E-state index in [2.05, 4.69) is 21.2 Å². The fourth-order valence-electron chi connectivity index (χ4n) is 2.69. The molecule has 3 aromatic rings. The van der Waals surface area contributed by atoms with Crippen LogP contribution in [0.4, 0.5) is 0 Å². The van der Waals surface area contributed by atoms with Gasteiger partial charge < -0.3 is 5.32 Å². The largest absolute Gasteiger partial charge is 0.354 e.